The standard InChI is InChI=1S/C17H15BrN4O2/c1-11-4-5-14(13(18)9-11)21-16(23)15-6-7-19-17(22-15)20-10-12-3-2-8-24-12/h2-9H,10H2,1H3,(H,21,23)(H,19,20,22). The normalized spacial score (nSPS) is 10.4. The van der Waals surface area contributed by atoms with Gasteiger partial charge in [-0.05, 0) is 58.7 Å². The molecule has 0 aliphatic rings. The summed E-state index contributed by atoms with van der Waals surface area (Å²) >= 11 is 3.44. The molecule has 122 valence electrons. The van der Waals surface area contributed by atoms with E-state index in [1.807, 2.05) is 31.2 Å². The molecule has 0 spiro atoms. The van der Waals surface area contributed by atoms with Crippen LogP contribution in [0.15, 0.2) is 57.7 Å². The van der Waals surface area contributed by atoms with Gasteiger partial charge in [-0.25, -0.2) is 9.97 Å². The summed E-state index contributed by atoms with van der Waals surface area (Å²) in [5.41, 5.74) is 2.07. The van der Waals surface area contributed by atoms with Crippen LogP contribution in [0, 0.1) is 6.92 Å². The number of amides is 1. The molecule has 0 radical (unpaired) electrons. The first-order valence-corrected chi connectivity index (χ1v) is 8.08. The van der Waals surface area contributed by atoms with Gasteiger partial charge in [0.25, 0.3) is 5.91 Å². The fourth-order valence-corrected chi connectivity index (χ4v) is 2.65. The summed E-state index contributed by atoms with van der Waals surface area (Å²) in [6.45, 7) is 2.43. The Morgan fingerprint density at radius 3 is 2.92 bits per heavy atom. The van der Waals surface area contributed by atoms with Gasteiger partial charge in [0.15, 0.2) is 0 Å². The summed E-state index contributed by atoms with van der Waals surface area (Å²) in [6.07, 6.45) is 3.14. The van der Waals surface area contributed by atoms with Crippen LogP contribution in [0.2, 0.25) is 0 Å². The first-order chi connectivity index (χ1) is 11.6. The molecular formula is C17H15BrN4O2. The molecule has 2 heterocycles. The summed E-state index contributed by atoms with van der Waals surface area (Å²) in [7, 11) is 0. The van der Waals surface area contributed by atoms with Crippen LogP contribution in [0.1, 0.15) is 21.8 Å². The van der Waals surface area contributed by atoms with Crippen molar-refractivity contribution >= 4 is 33.5 Å². The molecule has 3 aromatic rings. The molecule has 3 rings (SSSR count). The highest BCUT2D eigenvalue weighted by Gasteiger charge is 2.11. The molecular weight excluding hydrogens is 372 g/mol. The van der Waals surface area contributed by atoms with Crippen molar-refractivity contribution in [3.05, 3.63) is 70.3 Å². The van der Waals surface area contributed by atoms with Crippen molar-refractivity contribution in [1.82, 2.24) is 9.97 Å². The number of furan rings is 1. The molecule has 7 heteroatoms. The summed E-state index contributed by atoms with van der Waals surface area (Å²) in [5, 5.41) is 5.85. The third-order valence-corrected chi connectivity index (χ3v) is 3.92. The first kappa shape index (κ1) is 16.2. The van der Waals surface area contributed by atoms with Crippen LogP contribution < -0.4 is 10.6 Å². The predicted octanol–water partition coefficient (Wildman–Crippen LogP) is 4.00. The number of hydrogen-bond donors (Lipinski definition) is 2. The van der Waals surface area contributed by atoms with Gasteiger partial charge in [-0.15, -0.1) is 0 Å². The molecule has 0 aliphatic carbocycles. The number of nitrogens with zero attached hydrogens (tertiary/aromatic N) is 2. The SMILES string of the molecule is Cc1ccc(NC(=O)c2ccnc(NCc3ccco3)n2)c(Br)c1. The van der Waals surface area contributed by atoms with Crippen LogP contribution in [0.3, 0.4) is 0 Å². The maximum absolute atomic E-state index is 12.4. The number of aromatic nitrogens is 2. The zero-order valence-corrected chi connectivity index (χ0v) is 14.5. The van der Waals surface area contributed by atoms with E-state index in [1.54, 1.807) is 18.4 Å². The van der Waals surface area contributed by atoms with Crippen molar-refractivity contribution in [3.63, 3.8) is 0 Å². The third kappa shape index (κ3) is 3.99. The Bertz CT molecular complexity index is 850. The van der Waals surface area contributed by atoms with Crippen molar-refractivity contribution in [2.24, 2.45) is 0 Å². The molecule has 1 amide bonds. The Kier molecular flexibility index (Phi) is 4.90. The van der Waals surface area contributed by atoms with E-state index in [2.05, 4.69) is 36.5 Å². The lowest BCUT2D eigenvalue weighted by Gasteiger charge is -2.08. The molecule has 6 nitrogen and oxygen atoms in total. The second kappa shape index (κ2) is 7.27. The number of hydrogen-bond acceptors (Lipinski definition) is 5. The van der Waals surface area contributed by atoms with E-state index in [4.69, 9.17) is 4.42 Å². The van der Waals surface area contributed by atoms with E-state index < -0.39 is 0 Å². The van der Waals surface area contributed by atoms with Gasteiger partial charge in [0.1, 0.15) is 11.5 Å². The minimum Gasteiger partial charge on any atom is -0.467 e. The van der Waals surface area contributed by atoms with Crippen LogP contribution in [-0.4, -0.2) is 15.9 Å². The molecule has 0 fully saturated rings. The Hall–Kier alpha value is -2.67. The average Bonchev–Trinajstić information content (AvgIpc) is 3.09. The number of benzene rings is 1. The average molecular weight is 387 g/mol. The lowest BCUT2D eigenvalue weighted by Crippen LogP contribution is -2.15. The fraction of sp³-hybridized carbons (Fsp3) is 0.118. The summed E-state index contributed by atoms with van der Waals surface area (Å²) in [4.78, 5) is 20.7. The lowest BCUT2D eigenvalue weighted by atomic mass is 10.2. The second-order valence-corrected chi connectivity index (χ2v) is 5.99. The topological polar surface area (TPSA) is 80.0 Å². The Labute approximate surface area is 147 Å². The Morgan fingerprint density at radius 2 is 2.17 bits per heavy atom. The van der Waals surface area contributed by atoms with Gasteiger partial charge >= 0.3 is 0 Å². The summed E-state index contributed by atoms with van der Waals surface area (Å²) in [5.74, 6) is 0.821. The van der Waals surface area contributed by atoms with Crippen molar-refractivity contribution in [3.8, 4) is 0 Å². The molecule has 24 heavy (non-hydrogen) atoms. The highest BCUT2D eigenvalue weighted by Crippen LogP contribution is 2.23. The minimum atomic E-state index is -0.303. The summed E-state index contributed by atoms with van der Waals surface area (Å²) in [6, 6.07) is 10.9. The van der Waals surface area contributed by atoms with E-state index in [0.717, 1.165) is 15.8 Å². The Morgan fingerprint density at radius 1 is 1.29 bits per heavy atom. The van der Waals surface area contributed by atoms with E-state index in [1.165, 1.54) is 6.20 Å². The fourth-order valence-electron chi connectivity index (χ4n) is 2.06. The lowest BCUT2D eigenvalue weighted by molar-refractivity contribution is 0.102. The maximum Gasteiger partial charge on any atom is 0.274 e. The van der Waals surface area contributed by atoms with Crippen molar-refractivity contribution < 1.29 is 9.21 Å². The number of carbonyl (C=O) groups excluding carboxylic acids is 1. The van der Waals surface area contributed by atoms with Crippen molar-refractivity contribution in [2.45, 2.75) is 13.5 Å². The zero-order valence-electron chi connectivity index (χ0n) is 12.9. The van der Waals surface area contributed by atoms with Crippen LogP contribution in [0.5, 0.6) is 0 Å². The first-order valence-electron chi connectivity index (χ1n) is 7.28. The van der Waals surface area contributed by atoms with Gasteiger partial charge in [0, 0.05) is 10.7 Å². The molecule has 2 aromatic heterocycles. The van der Waals surface area contributed by atoms with E-state index in [9.17, 15) is 4.79 Å². The number of carbonyl (C=O) groups is 1. The maximum atomic E-state index is 12.4. The zero-order chi connectivity index (χ0) is 16.9. The highest BCUT2D eigenvalue weighted by atomic mass is 79.9. The number of nitrogens with one attached hydrogen (secondary N) is 2. The molecule has 0 saturated heterocycles. The highest BCUT2D eigenvalue weighted by molar-refractivity contribution is 9.10. The van der Waals surface area contributed by atoms with Gasteiger partial charge in [-0.3, -0.25) is 4.79 Å². The quantitative estimate of drug-likeness (QED) is 0.692. The second-order valence-electron chi connectivity index (χ2n) is 5.14. The van der Waals surface area contributed by atoms with E-state index in [0.29, 0.717) is 18.2 Å². The largest absolute Gasteiger partial charge is 0.467 e. The van der Waals surface area contributed by atoms with Crippen LogP contribution >= 0.6 is 15.9 Å². The molecule has 0 atom stereocenters. The predicted molar refractivity (Wildman–Crippen MR) is 94.9 cm³/mol. The van der Waals surface area contributed by atoms with E-state index >= 15 is 0 Å². The van der Waals surface area contributed by atoms with Gasteiger partial charge in [0.2, 0.25) is 5.95 Å². The number of anilines is 2. The summed E-state index contributed by atoms with van der Waals surface area (Å²) < 4.78 is 6.05. The third-order valence-electron chi connectivity index (χ3n) is 3.26. The number of halogens is 1. The molecule has 2 N–H and O–H groups in total. The van der Waals surface area contributed by atoms with E-state index in [-0.39, 0.29) is 11.6 Å². The molecule has 0 bridgehead atoms. The smallest absolute Gasteiger partial charge is 0.274 e. The molecule has 0 saturated carbocycles. The van der Waals surface area contributed by atoms with Gasteiger partial charge in [-0.2, -0.15) is 0 Å². The van der Waals surface area contributed by atoms with Gasteiger partial charge < -0.3 is 15.1 Å². The minimum absolute atomic E-state index is 0.277. The molecule has 0 unspecified atom stereocenters. The Balaban J connectivity index is 1.69. The molecule has 1 aromatic carbocycles. The van der Waals surface area contributed by atoms with Crippen molar-refractivity contribution in [1.29, 1.82) is 0 Å². The van der Waals surface area contributed by atoms with Crippen LogP contribution in [-0.2, 0) is 6.54 Å². The number of rotatable bonds is 5. The monoisotopic (exact) mass is 386 g/mol. The van der Waals surface area contributed by atoms with Crippen molar-refractivity contribution in [2.75, 3.05) is 10.6 Å². The van der Waals surface area contributed by atoms with Gasteiger partial charge in [0.05, 0.1) is 18.5 Å². The van der Waals surface area contributed by atoms with Crippen LogP contribution in [0.4, 0.5) is 11.6 Å². The number of aryl methyl sites for hydroxylation is 1. The van der Waals surface area contributed by atoms with Gasteiger partial charge in [-0.1, -0.05) is 6.07 Å². The van der Waals surface area contributed by atoms with Crippen LogP contribution in [0.25, 0.3) is 0 Å². The molecule has 0 aliphatic heterocycles.